The van der Waals surface area contributed by atoms with Crippen molar-refractivity contribution in [3.05, 3.63) is 29.6 Å². The van der Waals surface area contributed by atoms with Crippen LogP contribution in [0.25, 0.3) is 0 Å². The van der Waals surface area contributed by atoms with Crippen molar-refractivity contribution in [2.45, 2.75) is 25.9 Å². The van der Waals surface area contributed by atoms with Gasteiger partial charge in [0.2, 0.25) is 0 Å². The first kappa shape index (κ1) is 16.2. The minimum absolute atomic E-state index is 0.191. The Hall–Kier alpha value is -1.17. The molecule has 0 radical (unpaired) electrons. The summed E-state index contributed by atoms with van der Waals surface area (Å²) < 4.78 is 24.1. The van der Waals surface area contributed by atoms with Crippen LogP contribution in [0.1, 0.15) is 18.9 Å². The van der Waals surface area contributed by atoms with E-state index in [-0.39, 0.29) is 5.82 Å². The van der Waals surface area contributed by atoms with Gasteiger partial charge in [0.05, 0.1) is 25.9 Å². The van der Waals surface area contributed by atoms with Crippen LogP contribution in [-0.4, -0.2) is 46.1 Å². The predicted octanol–water partition coefficient (Wildman–Crippen LogP) is 2.18. The molecule has 2 rings (SSSR count). The summed E-state index contributed by atoms with van der Waals surface area (Å²) in [5, 5.41) is 3.29. The summed E-state index contributed by atoms with van der Waals surface area (Å²) in [4.78, 5) is 2.34. The molecule has 21 heavy (non-hydrogen) atoms. The maximum Gasteiger partial charge on any atom is 0.123 e. The second-order valence-electron chi connectivity index (χ2n) is 5.27. The van der Waals surface area contributed by atoms with Crippen LogP contribution >= 0.6 is 0 Å². The van der Waals surface area contributed by atoms with Crippen molar-refractivity contribution >= 4 is 5.69 Å². The largest absolute Gasteiger partial charge is 0.383 e. The lowest BCUT2D eigenvalue weighted by atomic mass is 10.1. The molecule has 1 fully saturated rings. The molecule has 0 spiro atoms. The highest BCUT2D eigenvalue weighted by Gasteiger charge is 2.23. The van der Waals surface area contributed by atoms with E-state index in [0.717, 1.165) is 44.0 Å². The number of hydrogen-bond donors (Lipinski definition) is 1. The lowest BCUT2D eigenvalue weighted by Gasteiger charge is -2.38. The van der Waals surface area contributed by atoms with Crippen molar-refractivity contribution in [2.24, 2.45) is 0 Å². The number of benzene rings is 1. The van der Waals surface area contributed by atoms with Gasteiger partial charge in [-0.15, -0.1) is 0 Å². The third kappa shape index (κ3) is 4.40. The average Bonchev–Trinajstić information content (AvgIpc) is 2.52. The van der Waals surface area contributed by atoms with Crippen LogP contribution in [0.15, 0.2) is 18.2 Å². The molecule has 1 aliphatic heterocycles. The summed E-state index contributed by atoms with van der Waals surface area (Å²) in [7, 11) is 1.68. The van der Waals surface area contributed by atoms with E-state index in [1.54, 1.807) is 13.2 Å². The first-order valence-electron chi connectivity index (χ1n) is 7.58. The summed E-state index contributed by atoms with van der Waals surface area (Å²) in [6.07, 6.45) is 1.02. The molecule has 1 N–H and O–H groups in total. The van der Waals surface area contributed by atoms with E-state index in [1.165, 1.54) is 6.07 Å². The van der Waals surface area contributed by atoms with E-state index < -0.39 is 0 Å². The normalized spacial score (nSPS) is 19.0. The monoisotopic (exact) mass is 296 g/mol. The van der Waals surface area contributed by atoms with Crippen LogP contribution in [0, 0.1) is 5.82 Å². The molecule has 0 amide bonds. The van der Waals surface area contributed by atoms with Crippen molar-refractivity contribution in [3.63, 3.8) is 0 Å². The van der Waals surface area contributed by atoms with E-state index >= 15 is 0 Å². The molecule has 1 aromatic carbocycles. The third-order valence-electron chi connectivity index (χ3n) is 3.85. The molecular weight excluding hydrogens is 271 g/mol. The number of morpholine rings is 1. The fourth-order valence-corrected chi connectivity index (χ4v) is 2.68. The number of halogens is 1. The first-order chi connectivity index (χ1) is 10.3. The molecule has 1 aromatic rings. The zero-order chi connectivity index (χ0) is 15.1. The molecule has 1 aliphatic rings. The number of ether oxygens (including phenoxy) is 2. The Kier molecular flexibility index (Phi) is 6.42. The van der Waals surface area contributed by atoms with Gasteiger partial charge in [-0.2, -0.15) is 0 Å². The van der Waals surface area contributed by atoms with Gasteiger partial charge < -0.3 is 19.7 Å². The van der Waals surface area contributed by atoms with E-state index in [1.807, 2.05) is 6.07 Å². The maximum atomic E-state index is 13.6. The van der Waals surface area contributed by atoms with Crippen LogP contribution in [0.3, 0.4) is 0 Å². The quantitative estimate of drug-likeness (QED) is 0.782. The van der Waals surface area contributed by atoms with E-state index in [2.05, 4.69) is 17.1 Å². The molecule has 5 heteroatoms. The first-order valence-corrected chi connectivity index (χ1v) is 7.58. The molecule has 0 bridgehead atoms. The van der Waals surface area contributed by atoms with E-state index in [9.17, 15) is 4.39 Å². The topological polar surface area (TPSA) is 33.7 Å². The molecule has 118 valence electrons. The predicted molar refractivity (Wildman–Crippen MR) is 82.2 cm³/mol. The number of methoxy groups -OCH3 is 1. The molecular formula is C16H25FN2O2. The Bertz CT molecular complexity index is 442. The Morgan fingerprint density at radius 3 is 3.10 bits per heavy atom. The highest BCUT2D eigenvalue weighted by molar-refractivity contribution is 5.55. The van der Waals surface area contributed by atoms with Gasteiger partial charge in [-0.1, -0.05) is 6.92 Å². The van der Waals surface area contributed by atoms with Crippen molar-refractivity contribution in [3.8, 4) is 0 Å². The minimum Gasteiger partial charge on any atom is -0.383 e. The number of rotatable bonds is 7. The third-order valence-corrected chi connectivity index (χ3v) is 3.85. The molecule has 1 unspecified atom stereocenters. The summed E-state index contributed by atoms with van der Waals surface area (Å²) >= 11 is 0. The second-order valence-corrected chi connectivity index (χ2v) is 5.27. The Balaban J connectivity index is 2.13. The van der Waals surface area contributed by atoms with E-state index in [0.29, 0.717) is 19.2 Å². The fraction of sp³-hybridized carbons (Fsp3) is 0.625. The number of anilines is 1. The Morgan fingerprint density at radius 2 is 2.33 bits per heavy atom. The summed E-state index contributed by atoms with van der Waals surface area (Å²) in [5.74, 6) is -0.191. The molecule has 0 aromatic heterocycles. The zero-order valence-corrected chi connectivity index (χ0v) is 12.9. The summed E-state index contributed by atoms with van der Waals surface area (Å²) in [6.45, 7) is 6.53. The van der Waals surface area contributed by atoms with Crippen LogP contribution in [0.4, 0.5) is 10.1 Å². The van der Waals surface area contributed by atoms with Crippen molar-refractivity contribution < 1.29 is 13.9 Å². The standard InChI is InChI=1S/C16H25FN2O2/c1-3-15-12-21-9-7-19(15)16-5-4-14(17)10-13(16)11-18-6-8-20-2/h4-5,10,15,18H,3,6-9,11-12H2,1-2H3. The van der Waals surface area contributed by atoms with Crippen LogP contribution in [0.2, 0.25) is 0 Å². The minimum atomic E-state index is -0.191. The van der Waals surface area contributed by atoms with Crippen LogP contribution in [-0.2, 0) is 16.0 Å². The van der Waals surface area contributed by atoms with Gasteiger partial charge in [-0.25, -0.2) is 4.39 Å². The maximum absolute atomic E-state index is 13.6. The average molecular weight is 296 g/mol. The van der Waals surface area contributed by atoms with Crippen LogP contribution in [0.5, 0.6) is 0 Å². The smallest absolute Gasteiger partial charge is 0.123 e. The van der Waals surface area contributed by atoms with Gasteiger partial charge in [0.1, 0.15) is 5.82 Å². The van der Waals surface area contributed by atoms with Gasteiger partial charge >= 0.3 is 0 Å². The number of hydrogen-bond acceptors (Lipinski definition) is 4. The van der Waals surface area contributed by atoms with Gasteiger partial charge in [-0.3, -0.25) is 0 Å². The lowest BCUT2D eigenvalue weighted by Crippen LogP contribution is -2.45. The van der Waals surface area contributed by atoms with Crippen LogP contribution < -0.4 is 10.2 Å². The number of nitrogens with one attached hydrogen (secondary N) is 1. The molecule has 4 nitrogen and oxygen atoms in total. The van der Waals surface area contributed by atoms with Gasteiger partial charge in [0, 0.05) is 32.4 Å². The van der Waals surface area contributed by atoms with Gasteiger partial charge in [-0.05, 0) is 30.2 Å². The highest BCUT2D eigenvalue weighted by atomic mass is 19.1. The van der Waals surface area contributed by atoms with Crippen molar-refractivity contribution in [1.82, 2.24) is 5.32 Å². The Labute approximate surface area is 126 Å². The molecule has 0 aliphatic carbocycles. The van der Waals surface area contributed by atoms with Crippen molar-refractivity contribution in [2.75, 3.05) is 44.9 Å². The molecule has 1 atom stereocenters. The summed E-state index contributed by atoms with van der Waals surface area (Å²) in [5.41, 5.74) is 2.10. The summed E-state index contributed by atoms with van der Waals surface area (Å²) in [6, 6.07) is 5.41. The fourth-order valence-electron chi connectivity index (χ4n) is 2.68. The van der Waals surface area contributed by atoms with Crippen molar-refractivity contribution in [1.29, 1.82) is 0 Å². The highest BCUT2D eigenvalue weighted by Crippen LogP contribution is 2.26. The molecule has 0 saturated carbocycles. The molecule has 1 heterocycles. The van der Waals surface area contributed by atoms with E-state index in [4.69, 9.17) is 9.47 Å². The van der Waals surface area contributed by atoms with Gasteiger partial charge in [0.25, 0.3) is 0 Å². The second kappa shape index (κ2) is 8.32. The zero-order valence-electron chi connectivity index (χ0n) is 12.9. The lowest BCUT2D eigenvalue weighted by molar-refractivity contribution is 0.0929. The SMILES string of the molecule is CCC1COCCN1c1ccc(F)cc1CNCCOC. The molecule has 1 saturated heterocycles. The van der Waals surface area contributed by atoms with Gasteiger partial charge in [0.15, 0.2) is 0 Å². The number of nitrogens with zero attached hydrogens (tertiary/aromatic N) is 1. The Morgan fingerprint density at radius 1 is 1.48 bits per heavy atom.